The SMILES string of the molecule is COc1ccc(-c2cc(CCCC(=O)NCCc3cccs3)no2)cc1. The van der Waals surface area contributed by atoms with E-state index < -0.39 is 0 Å². The minimum Gasteiger partial charge on any atom is -0.497 e. The molecule has 0 unspecified atom stereocenters. The van der Waals surface area contributed by atoms with Gasteiger partial charge in [0.1, 0.15) is 5.75 Å². The smallest absolute Gasteiger partial charge is 0.220 e. The van der Waals surface area contributed by atoms with E-state index >= 15 is 0 Å². The summed E-state index contributed by atoms with van der Waals surface area (Å²) < 4.78 is 10.5. The van der Waals surface area contributed by atoms with Crippen molar-refractivity contribution in [1.29, 1.82) is 0 Å². The van der Waals surface area contributed by atoms with Gasteiger partial charge < -0.3 is 14.6 Å². The summed E-state index contributed by atoms with van der Waals surface area (Å²) in [7, 11) is 1.64. The lowest BCUT2D eigenvalue weighted by Gasteiger charge is -2.03. The number of carbonyl (C=O) groups excluding carboxylic acids is 1. The maximum absolute atomic E-state index is 11.9. The second kappa shape index (κ2) is 9.20. The van der Waals surface area contributed by atoms with Gasteiger partial charge in [-0.25, -0.2) is 0 Å². The number of aryl methyl sites for hydroxylation is 1. The van der Waals surface area contributed by atoms with E-state index in [1.807, 2.05) is 36.4 Å². The highest BCUT2D eigenvalue weighted by Gasteiger charge is 2.08. The summed E-state index contributed by atoms with van der Waals surface area (Å²) in [4.78, 5) is 13.2. The lowest BCUT2D eigenvalue weighted by molar-refractivity contribution is -0.121. The first-order valence-electron chi connectivity index (χ1n) is 8.63. The van der Waals surface area contributed by atoms with Gasteiger partial charge in [-0.1, -0.05) is 11.2 Å². The lowest BCUT2D eigenvalue weighted by Crippen LogP contribution is -2.25. The predicted molar refractivity (Wildman–Crippen MR) is 102 cm³/mol. The molecule has 1 aromatic carbocycles. The largest absolute Gasteiger partial charge is 0.497 e. The van der Waals surface area contributed by atoms with Crippen LogP contribution in [-0.4, -0.2) is 24.7 Å². The second-order valence-electron chi connectivity index (χ2n) is 5.94. The van der Waals surface area contributed by atoms with Crippen LogP contribution >= 0.6 is 11.3 Å². The van der Waals surface area contributed by atoms with Gasteiger partial charge in [0, 0.05) is 29.5 Å². The number of ether oxygens (including phenoxy) is 1. The Bertz CT molecular complexity index is 810. The number of rotatable bonds is 9. The molecule has 0 aliphatic rings. The summed E-state index contributed by atoms with van der Waals surface area (Å²) in [5, 5.41) is 9.10. The molecule has 3 aromatic rings. The standard InChI is InChI=1S/C20H22N2O3S/c1-24-17-9-7-15(8-10-17)19-14-16(22-25-19)4-2-6-20(23)21-12-11-18-5-3-13-26-18/h3,5,7-10,13-14H,2,4,6,11-12H2,1H3,(H,21,23). The van der Waals surface area contributed by atoms with Gasteiger partial charge in [0.15, 0.2) is 5.76 Å². The number of hydrogen-bond donors (Lipinski definition) is 1. The third-order valence-corrected chi connectivity index (χ3v) is 4.98. The average Bonchev–Trinajstić information content (AvgIpc) is 3.34. The van der Waals surface area contributed by atoms with Crippen LogP contribution in [0.25, 0.3) is 11.3 Å². The van der Waals surface area contributed by atoms with Crippen molar-refractivity contribution in [2.24, 2.45) is 0 Å². The van der Waals surface area contributed by atoms with Crippen molar-refractivity contribution >= 4 is 17.2 Å². The first-order chi connectivity index (χ1) is 12.7. The average molecular weight is 370 g/mol. The van der Waals surface area contributed by atoms with Crippen molar-refractivity contribution < 1.29 is 14.1 Å². The van der Waals surface area contributed by atoms with E-state index in [0.717, 1.165) is 42.0 Å². The Kier molecular flexibility index (Phi) is 6.44. The minimum absolute atomic E-state index is 0.0837. The summed E-state index contributed by atoms with van der Waals surface area (Å²) in [6.45, 7) is 0.685. The highest BCUT2D eigenvalue weighted by molar-refractivity contribution is 7.09. The Morgan fingerprint density at radius 3 is 2.81 bits per heavy atom. The summed E-state index contributed by atoms with van der Waals surface area (Å²) in [5.41, 5.74) is 1.82. The molecule has 1 N–H and O–H groups in total. The normalized spacial score (nSPS) is 10.7. The Morgan fingerprint density at radius 1 is 1.23 bits per heavy atom. The van der Waals surface area contributed by atoms with Crippen molar-refractivity contribution in [3.8, 4) is 17.1 Å². The minimum atomic E-state index is 0.0837. The quantitative estimate of drug-likeness (QED) is 0.616. The molecule has 2 aromatic heterocycles. The molecule has 0 spiro atoms. The summed E-state index contributed by atoms with van der Waals surface area (Å²) in [6.07, 6.45) is 2.85. The van der Waals surface area contributed by atoms with Crippen LogP contribution in [0.15, 0.2) is 52.4 Å². The van der Waals surface area contributed by atoms with Crippen LogP contribution in [0.4, 0.5) is 0 Å². The van der Waals surface area contributed by atoms with E-state index in [1.165, 1.54) is 4.88 Å². The lowest BCUT2D eigenvalue weighted by atomic mass is 10.1. The maximum Gasteiger partial charge on any atom is 0.220 e. The van der Waals surface area contributed by atoms with Crippen molar-refractivity contribution in [3.05, 3.63) is 58.4 Å². The number of methoxy groups -OCH3 is 1. The van der Waals surface area contributed by atoms with Crippen molar-refractivity contribution in [3.63, 3.8) is 0 Å². The highest BCUT2D eigenvalue weighted by atomic mass is 32.1. The Hall–Kier alpha value is -2.60. The van der Waals surface area contributed by atoms with Gasteiger partial charge in [0.25, 0.3) is 0 Å². The zero-order valence-electron chi connectivity index (χ0n) is 14.7. The predicted octanol–water partition coefficient (Wildman–Crippen LogP) is 4.09. The molecule has 5 nitrogen and oxygen atoms in total. The summed E-state index contributed by atoms with van der Waals surface area (Å²) in [6, 6.07) is 13.7. The van der Waals surface area contributed by atoms with E-state index in [2.05, 4.69) is 21.9 Å². The fraction of sp³-hybridized carbons (Fsp3) is 0.300. The number of nitrogens with zero attached hydrogens (tertiary/aromatic N) is 1. The van der Waals surface area contributed by atoms with Gasteiger partial charge in [0.05, 0.1) is 12.8 Å². The fourth-order valence-electron chi connectivity index (χ4n) is 2.62. The molecule has 3 rings (SSSR count). The number of benzene rings is 1. The molecule has 0 aliphatic carbocycles. The van der Waals surface area contributed by atoms with Gasteiger partial charge >= 0.3 is 0 Å². The Balaban J connectivity index is 1.39. The topological polar surface area (TPSA) is 64.4 Å². The van der Waals surface area contributed by atoms with Crippen LogP contribution in [0.1, 0.15) is 23.4 Å². The molecule has 0 fully saturated rings. The second-order valence-corrected chi connectivity index (χ2v) is 6.98. The van der Waals surface area contributed by atoms with Crippen LogP contribution < -0.4 is 10.1 Å². The van der Waals surface area contributed by atoms with Gasteiger partial charge in [-0.05, 0) is 55.0 Å². The summed E-state index contributed by atoms with van der Waals surface area (Å²) >= 11 is 1.72. The zero-order chi connectivity index (χ0) is 18.2. The molecular formula is C20H22N2O3S. The third kappa shape index (κ3) is 5.20. The van der Waals surface area contributed by atoms with Crippen molar-refractivity contribution in [2.75, 3.05) is 13.7 Å². The number of thiophene rings is 1. The van der Waals surface area contributed by atoms with Gasteiger partial charge in [0.2, 0.25) is 5.91 Å². The molecule has 2 heterocycles. The molecule has 0 aliphatic heterocycles. The highest BCUT2D eigenvalue weighted by Crippen LogP contribution is 2.23. The zero-order valence-corrected chi connectivity index (χ0v) is 15.6. The van der Waals surface area contributed by atoms with Crippen LogP contribution in [-0.2, 0) is 17.6 Å². The van der Waals surface area contributed by atoms with Crippen molar-refractivity contribution in [2.45, 2.75) is 25.7 Å². The first kappa shape index (κ1) is 18.2. The van der Waals surface area contributed by atoms with E-state index in [-0.39, 0.29) is 5.91 Å². The number of hydrogen-bond acceptors (Lipinski definition) is 5. The van der Waals surface area contributed by atoms with Gasteiger partial charge in [-0.15, -0.1) is 11.3 Å². The van der Waals surface area contributed by atoms with Crippen LogP contribution in [0.3, 0.4) is 0 Å². The molecule has 0 radical (unpaired) electrons. The molecule has 26 heavy (non-hydrogen) atoms. The van der Waals surface area contributed by atoms with E-state index in [9.17, 15) is 4.79 Å². The summed E-state index contributed by atoms with van der Waals surface area (Å²) in [5.74, 6) is 1.61. The Morgan fingerprint density at radius 2 is 2.08 bits per heavy atom. The van der Waals surface area contributed by atoms with E-state index in [1.54, 1.807) is 18.4 Å². The number of amides is 1. The molecule has 0 bridgehead atoms. The molecule has 1 amide bonds. The van der Waals surface area contributed by atoms with Gasteiger partial charge in [-0.2, -0.15) is 0 Å². The monoisotopic (exact) mass is 370 g/mol. The third-order valence-electron chi connectivity index (χ3n) is 4.04. The molecular weight excluding hydrogens is 348 g/mol. The van der Waals surface area contributed by atoms with E-state index in [4.69, 9.17) is 9.26 Å². The first-order valence-corrected chi connectivity index (χ1v) is 9.51. The molecule has 0 saturated heterocycles. The molecule has 0 atom stereocenters. The van der Waals surface area contributed by atoms with Crippen LogP contribution in [0, 0.1) is 0 Å². The molecule has 136 valence electrons. The van der Waals surface area contributed by atoms with Gasteiger partial charge in [-0.3, -0.25) is 4.79 Å². The maximum atomic E-state index is 11.9. The number of nitrogens with one attached hydrogen (secondary N) is 1. The number of carbonyl (C=O) groups is 1. The molecule has 6 heteroatoms. The number of aromatic nitrogens is 1. The fourth-order valence-corrected chi connectivity index (χ4v) is 3.33. The van der Waals surface area contributed by atoms with E-state index in [0.29, 0.717) is 13.0 Å². The van der Waals surface area contributed by atoms with Crippen LogP contribution in [0.2, 0.25) is 0 Å². The van der Waals surface area contributed by atoms with Crippen LogP contribution in [0.5, 0.6) is 5.75 Å². The van der Waals surface area contributed by atoms with Crippen molar-refractivity contribution in [1.82, 2.24) is 10.5 Å². The molecule has 0 saturated carbocycles. The Labute approximate surface area is 157 Å².